The summed E-state index contributed by atoms with van der Waals surface area (Å²) in [4.78, 5) is 145. The predicted octanol–water partition coefficient (Wildman–Crippen LogP) is 4.01. The minimum Gasteiger partial charge on any atom is -0.481 e. The molecule has 3 aliphatic heterocycles. The Balaban J connectivity index is 0.775. The number of piperidine rings is 1. The fourth-order valence-corrected chi connectivity index (χ4v) is 14.8. The number of aryl methyl sites for hydroxylation is 2. The molecule has 111 heavy (non-hydrogen) atoms. The van der Waals surface area contributed by atoms with Gasteiger partial charge in [-0.15, -0.1) is 0 Å². The molecule has 2 fully saturated rings. The lowest BCUT2D eigenvalue weighted by Crippen LogP contribution is -2.61. The van der Waals surface area contributed by atoms with Gasteiger partial charge in [-0.1, -0.05) is 56.7 Å². The number of nitrogens with zero attached hydrogens (tertiary/aromatic N) is 7. The first-order valence-corrected chi connectivity index (χ1v) is 37.8. The molecule has 0 spiro atoms. The van der Waals surface area contributed by atoms with Gasteiger partial charge >= 0.3 is 18.0 Å². The monoisotopic (exact) mass is 1540 g/mol. The Morgan fingerprint density at radius 2 is 1.52 bits per heavy atom. The zero-order chi connectivity index (χ0) is 80.3. The molecule has 32 nitrogen and oxygen atoms in total. The van der Waals surface area contributed by atoms with E-state index in [9.17, 15) is 73.5 Å². The maximum absolute atomic E-state index is 14.3. The molecule has 2 saturated heterocycles. The van der Waals surface area contributed by atoms with E-state index in [1.165, 1.54) is 30.0 Å². The van der Waals surface area contributed by atoms with Crippen molar-refractivity contribution < 1.29 is 97.5 Å². The van der Waals surface area contributed by atoms with Crippen molar-refractivity contribution in [1.82, 2.24) is 49.9 Å². The molecule has 8 atom stereocenters. The van der Waals surface area contributed by atoms with Gasteiger partial charge in [0.25, 0.3) is 5.56 Å². The van der Waals surface area contributed by atoms with E-state index in [2.05, 4.69) is 44.1 Å². The van der Waals surface area contributed by atoms with Crippen molar-refractivity contribution in [2.24, 2.45) is 5.92 Å². The van der Waals surface area contributed by atoms with Crippen LogP contribution < -0.4 is 31.7 Å². The van der Waals surface area contributed by atoms with E-state index in [-0.39, 0.29) is 149 Å². The number of aromatic nitrogens is 3. The zero-order valence-electron chi connectivity index (χ0n) is 64.2. The van der Waals surface area contributed by atoms with Crippen LogP contribution >= 0.6 is 0 Å². The molecule has 6 heterocycles. The summed E-state index contributed by atoms with van der Waals surface area (Å²) in [6, 6.07) is 18.3. The van der Waals surface area contributed by atoms with Gasteiger partial charge in [-0.05, 0) is 126 Å². The van der Waals surface area contributed by atoms with Crippen LogP contribution in [0.3, 0.4) is 0 Å². The maximum atomic E-state index is 14.3. The van der Waals surface area contributed by atoms with Crippen molar-refractivity contribution in [3.63, 3.8) is 0 Å². The van der Waals surface area contributed by atoms with Gasteiger partial charge in [-0.2, -0.15) is 0 Å². The summed E-state index contributed by atoms with van der Waals surface area (Å²) >= 11 is 0. The van der Waals surface area contributed by atoms with E-state index >= 15 is 0 Å². The minimum atomic E-state index is -2.09. The standard InChI is InChI=1S/C79H103N11O21/c1-10-79(106)56-40-60-68-55(42-90(60)75(102)54(56)17-20-62(79)91)52(53-13-11-12-14-57(53)82-68)25-30-87(45(4)5)78(105)109-43-48-16-18-58(61(38-48)110-77-71(99)69(97)70(98)72(111-77)76(103)104)83-73(100)47(7)81-74(101)67(44(2)3)84-63(92)21-22-65(94)89(32-34-108-36-35-107-33-27-66(95)96)50-23-28-86(29-24-50)64(93)26-31-88-51(41-85(9)80-8)39-49-37-46(6)15-19-59(49)88/h11-16,18-19,37-40,44-45,47,50,67,69-72,77,80,97-99,106H,10,17,20-36,41-43H2,1-9H3,(H,81,101)(H,83,100)(H,84,92)(H,95,96)(H,103,104)/t47-,67-,69-,70-,71+,72-,77+,79-/m0/s1. The average molecular weight is 1540 g/mol. The van der Waals surface area contributed by atoms with Gasteiger partial charge in [0.05, 0.1) is 68.5 Å². The van der Waals surface area contributed by atoms with E-state index in [0.29, 0.717) is 61.5 Å². The number of hydrogen-bond acceptors (Lipinski definition) is 22. The summed E-state index contributed by atoms with van der Waals surface area (Å²) in [5.74, 6) is -6.56. The molecule has 4 aliphatic rings. The number of hydrazine groups is 1. The zero-order valence-corrected chi connectivity index (χ0v) is 64.2. The SMILES string of the molecule is CC[C@@]1(O)C(=O)CCc2c1cc1n(c2=O)Cc2c-1nc1ccccc1c2CCN(C(=O)OCc1ccc(NC(=O)[C@H](C)NC(=O)[C@@H](NC(=O)CCC(=O)N(CCOCCOCCC(=O)O)C2CCN(C(=O)CCn3c(CN(C)NC)cc4cc(C)ccc43)CC2)C(C)C)c(O[C@@H]2O[C@H](C(=O)O)[C@@H](O)[C@H](O)[C@H]2O)c1)C(C)C. The molecule has 10 rings (SSSR count). The van der Waals surface area contributed by atoms with Crippen molar-refractivity contribution in [3.05, 3.63) is 122 Å². The predicted molar refractivity (Wildman–Crippen MR) is 404 cm³/mol. The normalized spacial score (nSPS) is 19.5. The number of benzene rings is 3. The highest BCUT2D eigenvalue weighted by atomic mass is 16.7. The average Bonchev–Trinajstić information content (AvgIpc) is 1.59. The van der Waals surface area contributed by atoms with E-state index in [0.717, 1.165) is 38.7 Å². The number of ether oxygens (including phenoxy) is 5. The Morgan fingerprint density at radius 1 is 0.793 bits per heavy atom. The third-order valence-corrected chi connectivity index (χ3v) is 21.2. The fourth-order valence-electron chi connectivity index (χ4n) is 14.8. The van der Waals surface area contributed by atoms with Crippen molar-refractivity contribution >= 4 is 80.8 Å². The fraction of sp³-hybridized carbons (Fsp3) is 0.532. The number of likely N-dealkylation sites (tertiary alicyclic amines) is 1. The molecule has 600 valence electrons. The van der Waals surface area contributed by atoms with Gasteiger partial charge < -0.3 is 94.1 Å². The van der Waals surface area contributed by atoms with Gasteiger partial charge in [0, 0.05) is 116 Å². The summed E-state index contributed by atoms with van der Waals surface area (Å²) in [5, 5.41) is 74.6. The van der Waals surface area contributed by atoms with E-state index in [1.54, 1.807) is 55.1 Å². The molecule has 3 aromatic heterocycles. The van der Waals surface area contributed by atoms with Crippen LogP contribution in [0.4, 0.5) is 10.5 Å². The third-order valence-electron chi connectivity index (χ3n) is 21.2. The third kappa shape index (κ3) is 19.6. The molecule has 1 aliphatic carbocycles. The number of aliphatic hydroxyl groups excluding tert-OH is 3. The number of aliphatic carboxylic acids is 2. The Hall–Kier alpha value is -9.77. The van der Waals surface area contributed by atoms with Crippen molar-refractivity contribution in [3.8, 4) is 17.1 Å². The number of carbonyl (C=O) groups is 9. The molecular weight excluding hydrogens is 1440 g/mol. The quantitative estimate of drug-likeness (QED) is 0.0198. The lowest BCUT2D eigenvalue weighted by Gasteiger charge is -2.39. The number of pyridine rings is 2. The highest BCUT2D eigenvalue weighted by Gasteiger charge is 2.49. The van der Waals surface area contributed by atoms with Crippen molar-refractivity contribution in [2.45, 2.75) is 199 Å². The van der Waals surface area contributed by atoms with Gasteiger partial charge in [-0.3, -0.25) is 43.8 Å². The van der Waals surface area contributed by atoms with E-state index in [1.807, 2.05) is 56.4 Å². The van der Waals surface area contributed by atoms with E-state index < -0.39 is 103 Å². The van der Waals surface area contributed by atoms with Crippen LogP contribution in [0.25, 0.3) is 33.2 Å². The Bertz CT molecular complexity index is 4500. The van der Waals surface area contributed by atoms with Crippen LogP contribution in [0.15, 0.2) is 77.6 Å². The summed E-state index contributed by atoms with van der Waals surface area (Å²) in [6.07, 6.45) is -10.0. The van der Waals surface area contributed by atoms with Gasteiger partial charge in [0.1, 0.15) is 48.4 Å². The molecule has 32 heteroatoms. The number of carbonyl (C=O) groups excluding carboxylic acids is 7. The number of para-hydroxylation sites is 1. The molecule has 0 unspecified atom stereocenters. The van der Waals surface area contributed by atoms with Gasteiger partial charge in [-0.25, -0.2) is 19.6 Å². The maximum Gasteiger partial charge on any atom is 0.410 e. The lowest BCUT2D eigenvalue weighted by atomic mass is 9.77. The van der Waals surface area contributed by atoms with Crippen LogP contribution in [0.5, 0.6) is 5.75 Å². The molecular formula is C79H103N11O21. The van der Waals surface area contributed by atoms with Gasteiger partial charge in [0.2, 0.25) is 35.8 Å². The second-order valence-electron chi connectivity index (χ2n) is 29.4. The summed E-state index contributed by atoms with van der Waals surface area (Å²) in [7, 11) is 3.79. The molecule has 0 radical (unpaired) electrons. The number of hydrogen-bond donors (Lipinski definition) is 10. The lowest BCUT2D eigenvalue weighted by molar-refractivity contribution is -0.271. The second-order valence-corrected chi connectivity index (χ2v) is 29.4. The molecule has 0 saturated carbocycles. The largest absolute Gasteiger partial charge is 0.481 e. The smallest absolute Gasteiger partial charge is 0.410 e. The van der Waals surface area contributed by atoms with Gasteiger partial charge in [0.15, 0.2) is 11.9 Å². The number of aliphatic hydroxyl groups is 4. The molecule has 3 aromatic carbocycles. The number of amides is 6. The van der Waals surface area contributed by atoms with Crippen LogP contribution in [-0.2, 0) is 102 Å². The molecule has 6 aromatic rings. The number of anilines is 1. The van der Waals surface area contributed by atoms with Crippen LogP contribution in [0.2, 0.25) is 0 Å². The van der Waals surface area contributed by atoms with Crippen LogP contribution in [-0.4, -0.2) is 239 Å². The Labute approximate surface area is 642 Å². The summed E-state index contributed by atoms with van der Waals surface area (Å²) < 4.78 is 32.3. The minimum absolute atomic E-state index is 0.00173. The molecule has 6 amide bonds. The first-order chi connectivity index (χ1) is 52.9. The van der Waals surface area contributed by atoms with Crippen LogP contribution in [0, 0.1) is 12.8 Å². The number of Topliss-reactive ketones (excluding diaryl/α,β-unsaturated/α-hetero) is 1. The Morgan fingerprint density at radius 3 is 2.22 bits per heavy atom. The van der Waals surface area contributed by atoms with Crippen molar-refractivity contribution in [1.29, 1.82) is 0 Å². The number of carboxylic acids is 2. The number of fused-ring (bicyclic) bond motifs is 6. The number of rotatable bonds is 35. The highest BCUT2D eigenvalue weighted by molar-refractivity contribution is 5.99. The first-order valence-electron chi connectivity index (χ1n) is 37.8. The topological polar surface area (TPSA) is 422 Å². The number of ketones is 1. The van der Waals surface area contributed by atoms with Crippen molar-refractivity contribution in [2.75, 3.05) is 72.0 Å². The second kappa shape index (κ2) is 37.0. The highest BCUT2D eigenvalue weighted by Crippen LogP contribution is 2.42. The Kier molecular flexibility index (Phi) is 27.9. The van der Waals surface area contributed by atoms with E-state index in [4.69, 9.17) is 33.8 Å². The molecule has 10 N–H and O–H groups in total. The summed E-state index contributed by atoms with van der Waals surface area (Å²) in [6.45, 7) is 14.2. The summed E-state index contributed by atoms with van der Waals surface area (Å²) in [5.41, 5.74) is 8.16. The number of nitrogens with one attached hydrogen (secondary N) is 4. The van der Waals surface area contributed by atoms with Crippen LogP contribution in [0.1, 0.15) is 132 Å². The first kappa shape index (κ1) is 83.7. The molecule has 0 bridgehead atoms. The number of carboxylic acid groups (broad SMARTS) is 2.